The van der Waals surface area contributed by atoms with Crippen molar-refractivity contribution in [2.75, 3.05) is 62.3 Å². The molecule has 2 aromatic heterocycles. The van der Waals surface area contributed by atoms with Crippen LogP contribution < -0.4 is 9.80 Å². The Morgan fingerprint density at radius 3 is 2.57 bits per heavy atom. The summed E-state index contributed by atoms with van der Waals surface area (Å²) in [6, 6.07) is 5.65. The first kappa shape index (κ1) is 18.5. The normalized spacial score (nSPS) is 18.1. The molecule has 0 spiro atoms. The number of piperazine rings is 1. The van der Waals surface area contributed by atoms with Crippen LogP contribution in [0.1, 0.15) is 11.5 Å². The van der Waals surface area contributed by atoms with Gasteiger partial charge in [0.05, 0.1) is 19.5 Å². The number of rotatable bonds is 4. The number of furan rings is 1. The molecular weight excluding hydrogens is 358 g/mol. The highest BCUT2D eigenvalue weighted by Crippen LogP contribution is 2.20. The van der Waals surface area contributed by atoms with Crippen LogP contribution in [-0.2, 0) is 9.53 Å². The van der Waals surface area contributed by atoms with Gasteiger partial charge in [0.25, 0.3) is 0 Å². The van der Waals surface area contributed by atoms with Crippen molar-refractivity contribution >= 4 is 23.7 Å². The number of aromatic nitrogens is 2. The van der Waals surface area contributed by atoms with Crippen LogP contribution in [0.4, 0.5) is 11.8 Å². The molecule has 28 heavy (non-hydrogen) atoms. The maximum absolute atomic E-state index is 12.4. The van der Waals surface area contributed by atoms with Crippen LogP contribution in [0.5, 0.6) is 0 Å². The summed E-state index contributed by atoms with van der Waals surface area (Å²) in [6.07, 6.45) is 4.86. The summed E-state index contributed by atoms with van der Waals surface area (Å²) < 4.78 is 10.7. The molecule has 0 N–H and O–H groups in total. The average Bonchev–Trinajstić information content (AvgIpc) is 3.26. The second kappa shape index (κ2) is 8.43. The van der Waals surface area contributed by atoms with E-state index in [0.717, 1.165) is 43.8 Å². The van der Waals surface area contributed by atoms with E-state index >= 15 is 0 Å². The molecule has 0 aromatic carbocycles. The monoisotopic (exact) mass is 383 g/mol. The molecule has 0 saturated carbocycles. The summed E-state index contributed by atoms with van der Waals surface area (Å²) in [5.74, 6) is 2.36. The van der Waals surface area contributed by atoms with Crippen molar-refractivity contribution in [3.05, 3.63) is 42.0 Å². The minimum absolute atomic E-state index is 0.00443. The van der Waals surface area contributed by atoms with E-state index in [4.69, 9.17) is 14.1 Å². The number of hydrogen-bond donors (Lipinski definition) is 0. The summed E-state index contributed by atoms with van der Waals surface area (Å²) in [4.78, 5) is 28.0. The van der Waals surface area contributed by atoms with Crippen LogP contribution >= 0.6 is 0 Å². The zero-order valence-electron chi connectivity index (χ0n) is 16.1. The first-order valence-electron chi connectivity index (χ1n) is 9.63. The predicted octanol–water partition coefficient (Wildman–Crippen LogP) is 1.58. The molecule has 0 unspecified atom stereocenters. The second-order valence-electron chi connectivity index (χ2n) is 6.93. The van der Waals surface area contributed by atoms with Crippen molar-refractivity contribution in [1.29, 1.82) is 0 Å². The third-order valence-corrected chi connectivity index (χ3v) is 4.97. The van der Waals surface area contributed by atoms with E-state index in [1.54, 1.807) is 24.5 Å². The number of carbonyl (C=O) groups excluding carboxylic acids is 1. The van der Waals surface area contributed by atoms with Gasteiger partial charge in [0, 0.05) is 57.1 Å². The highest BCUT2D eigenvalue weighted by Gasteiger charge is 2.23. The molecule has 2 aliphatic rings. The number of carbonyl (C=O) groups is 1. The van der Waals surface area contributed by atoms with Gasteiger partial charge in [-0.25, -0.2) is 4.98 Å². The Morgan fingerprint density at radius 2 is 1.86 bits per heavy atom. The van der Waals surface area contributed by atoms with E-state index in [1.165, 1.54) is 0 Å². The molecule has 8 nitrogen and oxygen atoms in total. The quantitative estimate of drug-likeness (QED) is 0.742. The van der Waals surface area contributed by atoms with Crippen molar-refractivity contribution < 1.29 is 13.9 Å². The number of nitrogens with zero attached hydrogens (tertiary/aromatic N) is 5. The Hall–Kier alpha value is -2.87. The van der Waals surface area contributed by atoms with Gasteiger partial charge in [0.1, 0.15) is 11.6 Å². The fourth-order valence-electron chi connectivity index (χ4n) is 3.40. The highest BCUT2D eigenvalue weighted by atomic mass is 16.5. The van der Waals surface area contributed by atoms with Crippen molar-refractivity contribution in [3.63, 3.8) is 0 Å². The van der Waals surface area contributed by atoms with Gasteiger partial charge in [-0.15, -0.1) is 0 Å². The molecule has 0 aliphatic carbocycles. The number of ether oxygens (including phenoxy) is 1. The smallest absolute Gasteiger partial charge is 0.246 e. The van der Waals surface area contributed by atoms with Crippen LogP contribution in [0.2, 0.25) is 0 Å². The Balaban J connectivity index is 1.38. The highest BCUT2D eigenvalue weighted by molar-refractivity contribution is 5.91. The lowest BCUT2D eigenvalue weighted by Gasteiger charge is -2.35. The summed E-state index contributed by atoms with van der Waals surface area (Å²) >= 11 is 0. The van der Waals surface area contributed by atoms with Crippen LogP contribution in [0.3, 0.4) is 0 Å². The van der Waals surface area contributed by atoms with Gasteiger partial charge in [-0.2, -0.15) is 4.98 Å². The molecule has 0 bridgehead atoms. The Morgan fingerprint density at radius 1 is 1.07 bits per heavy atom. The number of amides is 1. The Bertz CT molecular complexity index is 822. The molecule has 2 saturated heterocycles. The molecule has 4 heterocycles. The Labute approximate surface area is 164 Å². The lowest BCUT2D eigenvalue weighted by Crippen LogP contribution is -2.49. The van der Waals surface area contributed by atoms with Crippen LogP contribution in [0.25, 0.3) is 6.08 Å². The minimum atomic E-state index is -0.00443. The van der Waals surface area contributed by atoms with Gasteiger partial charge >= 0.3 is 0 Å². The molecule has 2 fully saturated rings. The molecule has 0 atom stereocenters. The Kier molecular flexibility index (Phi) is 5.57. The van der Waals surface area contributed by atoms with Gasteiger partial charge in [-0.05, 0) is 25.1 Å². The van der Waals surface area contributed by atoms with Crippen LogP contribution in [0, 0.1) is 6.92 Å². The lowest BCUT2D eigenvalue weighted by molar-refractivity contribution is -0.126. The largest absolute Gasteiger partial charge is 0.465 e. The zero-order valence-corrected chi connectivity index (χ0v) is 16.1. The first-order chi connectivity index (χ1) is 13.7. The number of anilines is 2. The molecule has 8 heteroatoms. The summed E-state index contributed by atoms with van der Waals surface area (Å²) in [7, 11) is 0. The second-order valence-corrected chi connectivity index (χ2v) is 6.93. The summed E-state index contributed by atoms with van der Waals surface area (Å²) in [6.45, 7) is 7.86. The molecule has 4 rings (SSSR count). The molecule has 0 radical (unpaired) electrons. The van der Waals surface area contributed by atoms with Gasteiger partial charge < -0.3 is 23.9 Å². The van der Waals surface area contributed by atoms with Gasteiger partial charge in [-0.1, -0.05) is 0 Å². The predicted molar refractivity (Wildman–Crippen MR) is 106 cm³/mol. The van der Waals surface area contributed by atoms with Crippen LogP contribution in [-0.4, -0.2) is 73.3 Å². The third-order valence-electron chi connectivity index (χ3n) is 4.97. The minimum Gasteiger partial charge on any atom is -0.465 e. The van der Waals surface area contributed by atoms with Gasteiger partial charge in [0.2, 0.25) is 11.9 Å². The van der Waals surface area contributed by atoms with Crippen LogP contribution in [0.15, 0.2) is 35.0 Å². The van der Waals surface area contributed by atoms with Crippen molar-refractivity contribution in [1.82, 2.24) is 14.9 Å². The molecule has 2 aromatic rings. The standard InChI is InChI=1S/C20H25N5O3/c1-16-15-18(23-10-13-27-14-11-23)22-20(21-16)25-8-6-24(7-9-25)19(26)5-4-17-3-2-12-28-17/h2-5,12,15H,6-11,13-14H2,1H3/b5-4+. The molecule has 2 aliphatic heterocycles. The summed E-state index contributed by atoms with van der Waals surface area (Å²) in [5, 5.41) is 0. The van der Waals surface area contributed by atoms with E-state index in [1.807, 2.05) is 24.0 Å². The SMILES string of the molecule is Cc1cc(N2CCOCC2)nc(N2CCN(C(=O)/C=C/c3ccco3)CC2)n1. The van der Waals surface area contributed by atoms with E-state index in [0.29, 0.717) is 31.9 Å². The summed E-state index contributed by atoms with van der Waals surface area (Å²) in [5.41, 5.74) is 0.950. The lowest BCUT2D eigenvalue weighted by atomic mass is 10.3. The van der Waals surface area contributed by atoms with Crippen molar-refractivity contribution in [2.24, 2.45) is 0 Å². The van der Waals surface area contributed by atoms with Gasteiger partial charge in [0.15, 0.2) is 0 Å². The zero-order chi connectivity index (χ0) is 19.3. The number of aryl methyl sites for hydroxylation is 1. The van der Waals surface area contributed by atoms with Crippen molar-refractivity contribution in [3.8, 4) is 0 Å². The molecule has 148 valence electrons. The number of morpholine rings is 1. The maximum Gasteiger partial charge on any atom is 0.246 e. The first-order valence-corrected chi connectivity index (χ1v) is 9.63. The fraction of sp³-hybridized carbons (Fsp3) is 0.450. The van der Waals surface area contributed by atoms with Crippen molar-refractivity contribution in [2.45, 2.75) is 6.92 Å². The van der Waals surface area contributed by atoms with E-state index in [2.05, 4.69) is 14.8 Å². The van der Waals surface area contributed by atoms with E-state index < -0.39 is 0 Å². The fourth-order valence-corrected chi connectivity index (χ4v) is 3.40. The average molecular weight is 383 g/mol. The van der Waals surface area contributed by atoms with E-state index in [9.17, 15) is 4.79 Å². The molecule has 1 amide bonds. The van der Waals surface area contributed by atoms with E-state index in [-0.39, 0.29) is 5.91 Å². The molecular formula is C20H25N5O3. The topological polar surface area (TPSA) is 74.9 Å². The third kappa shape index (κ3) is 4.33. The van der Waals surface area contributed by atoms with Gasteiger partial charge in [-0.3, -0.25) is 4.79 Å². The maximum atomic E-state index is 12.4. The number of hydrogen-bond acceptors (Lipinski definition) is 7.